The molecule has 0 aromatic rings. The third kappa shape index (κ3) is 8.30. The lowest BCUT2D eigenvalue weighted by molar-refractivity contribution is 0.0513. The molecule has 2 atom stereocenters. The summed E-state index contributed by atoms with van der Waals surface area (Å²) in [7, 11) is 0. The third-order valence-corrected chi connectivity index (χ3v) is 3.99. The molecule has 21 heavy (non-hydrogen) atoms. The van der Waals surface area contributed by atoms with Crippen LogP contribution in [-0.2, 0) is 4.74 Å². The summed E-state index contributed by atoms with van der Waals surface area (Å²) in [5, 5.41) is 6.45. The highest BCUT2D eigenvalue weighted by Crippen LogP contribution is 2.28. The number of amides is 1. The van der Waals surface area contributed by atoms with E-state index < -0.39 is 5.60 Å². The second-order valence-electron chi connectivity index (χ2n) is 8.26. The number of hydrogen-bond donors (Lipinski definition) is 2. The summed E-state index contributed by atoms with van der Waals surface area (Å²) < 4.78 is 5.26. The van der Waals surface area contributed by atoms with Crippen LogP contribution in [-0.4, -0.2) is 30.3 Å². The van der Waals surface area contributed by atoms with E-state index in [1.807, 2.05) is 20.8 Å². The van der Waals surface area contributed by atoms with Gasteiger partial charge in [0.2, 0.25) is 0 Å². The lowest BCUT2D eigenvalue weighted by Gasteiger charge is -2.32. The van der Waals surface area contributed by atoms with Gasteiger partial charge in [-0.05, 0) is 65.8 Å². The molecule has 0 aliphatic heterocycles. The van der Waals surface area contributed by atoms with Crippen molar-refractivity contribution in [2.45, 2.75) is 78.4 Å². The summed E-state index contributed by atoms with van der Waals surface area (Å²) in [6, 6.07) is 0. The second kappa shape index (κ2) is 7.48. The van der Waals surface area contributed by atoms with Gasteiger partial charge in [0.25, 0.3) is 0 Å². The summed E-state index contributed by atoms with van der Waals surface area (Å²) in [5.74, 6) is 1.63. The van der Waals surface area contributed by atoms with Crippen LogP contribution in [0.5, 0.6) is 0 Å². The number of alkyl carbamates (subject to hydrolysis) is 1. The molecule has 0 heterocycles. The van der Waals surface area contributed by atoms with Crippen LogP contribution < -0.4 is 10.6 Å². The maximum Gasteiger partial charge on any atom is 0.407 e. The van der Waals surface area contributed by atoms with E-state index in [-0.39, 0.29) is 11.6 Å². The Morgan fingerprint density at radius 3 is 2.43 bits per heavy atom. The molecule has 1 saturated carbocycles. The van der Waals surface area contributed by atoms with Gasteiger partial charge in [0, 0.05) is 12.1 Å². The molecule has 1 aliphatic rings. The van der Waals surface area contributed by atoms with Crippen LogP contribution in [0.3, 0.4) is 0 Å². The van der Waals surface area contributed by atoms with Crippen LogP contribution >= 0.6 is 0 Å². The zero-order valence-electron chi connectivity index (χ0n) is 14.7. The molecule has 1 aliphatic carbocycles. The summed E-state index contributed by atoms with van der Waals surface area (Å²) in [5.41, 5.74) is -0.558. The predicted molar refractivity (Wildman–Crippen MR) is 87.4 cm³/mol. The lowest BCUT2D eigenvalue weighted by Crippen LogP contribution is -2.51. The minimum atomic E-state index is -0.445. The molecule has 2 unspecified atom stereocenters. The first-order valence-corrected chi connectivity index (χ1v) is 8.29. The molecule has 0 bridgehead atoms. The SMILES string of the molecule is CC1CCCC(CNC(C)(C)CNC(=O)OC(C)(C)C)C1. The first-order chi connectivity index (χ1) is 9.57. The van der Waals surface area contributed by atoms with Gasteiger partial charge >= 0.3 is 6.09 Å². The molecule has 0 saturated heterocycles. The molecule has 2 N–H and O–H groups in total. The Balaban J connectivity index is 2.28. The Morgan fingerprint density at radius 2 is 1.86 bits per heavy atom. The molecular weight excluding hydrogens is 264 g/mol. The van der Waals surface area contributed by atoms with Gasteiger partial charge in [-0.1, -0.05) is 19.8 Å². The maximum atomic E-state index is 11.7. The minimum Gasteiger partial charge on any atom is -0.444 e. The second-order valence-corrected chi connectivity index (χ2v) is 8.26. The zero-order valence-corrected chi connectivity index (χ0v) is 14.7. The van der Waals surface area contributed by atoms with Crippen LogP contribution in [0.4, 0.5) is 4.79 Å². The van der Waals surface area contributed by atoms with Crippen molar-refractivity contribution in [3.63, 3.8) is 0 Å². The smallest absolute Gasteiger partial charge is 0.407 e. The molecule has 0 aromatic heterocycles. The first kappa shape index (κ1) is 18.3. The van der Waals surface area contributed by atoms with Crippen LogP contribution in [0.2, 0.25) is 0 Å². The van der Waals surface area contributed by atoms with E-state index in [1.54, 1.807) is 0 Å². The van der Waals surface area contributed by atoms with E-state index in [9.17, 15) is 4.79 Å². The molecule has 4 heteroatoms. The van der Waals surface area contributed by atoms with Crippen molar-refractivity contribution in [2.24, 2.45) is 11.8 Å². The average Bonchev–Trinajstić information content (AvgIpc) is 2.33. The van der Waals surface area contributed by atoms with E-state index >= 15 is 0 Å². The van der Waals surface area contributed by atoms with Gasteiger partial charge in [-0.15, -0.1) is 0 Å². The van der Waals surface area contributed by atoms with E-state index in [0.717, 1.165) is 18.4 Å². The van der Waals surface area contributed by atoms with Gasteiger partial charge in [-0.25, -0.2) is 4.79 Å². The molecule has 1 fully saturated rings. The molecule has 124 valence electrons. The molecule has 1 rings (SSSR count). The largest absolute Gasteiger partial charge is 0.444 e. The van der Waals surface area contributed by atoms with E-state index in [2.05, 4.69) is 31.4 Å². The van der Waals surface area contributed by atoms with Crippen molar-refractivity contribution in [3.8, 4) is 0 Å². The van der Waals surface area contributed by atoms with Crippen molar-refractivity contribution < 1.29 is 9.53 Å². The zero-order chi connectivity index (χ0) is 16.1. The van der Waals surface area contributed by atoms with Crippen LogP contribution in [0, 0.1) is 11.8 Å². The van der Waals surface area contributed by atoms with E-state index in [0.29, 0.717) is 6.54 Å². The Bertz CT molecular complexity index is 334. The fourth-order valence-electron chi connectivity index (χ4n) is 2.84. The highest BCUT2D eigenvalue weighted by molar-refractivity contribution is 5.67. The summed E-state index contributed by atoms with van der Waals surface area (Å²) in [6.07, 6.45) is 5.03. The minimum absolute atomic E-state index is 0.114. The predicted octanol–water partition coefficient (Wildman–Crippen LogP) is 3.71. The highest BCUT2D eigenvalue weighted by Gasteiger charge is 2.24. The Hall–Kier alpha value is -0.770. The number of carbonyl (C=O) groups excluding carboxylic acids is 1. The van der Waals surface area contributed by atoms with E-state index in [1.165, 1.54) is 25.7 Å². The number of carbonyl (C=O) groups is 1. The standard InChI is InChI=1S/C17H34N2O2/c1-13-8-7-9-14(10-13)11-19-17(5,6)12-18-15(20)21-16(2,3)4/h13-14,19H,7-12H2,1-6H3,(H,18,20). The van der Waals surface area contributed by atoms with Crippen molar-refractivity contribution in [1.29, 1.82) is 0 Å². The van der Waals surface area contributed by atoms with Gasteiger partial charge in [0.05, 0.1) is 0 Å². The van der Waals surface area contributed by atoms with E-state index in [4.69, 9.17) is 4.74 Å². The van der Waals surface area contributed by atoms with Gasteiger partial charge in [0.15, 0.2) is 0 Å². The monoisotopic (exact) mass is 298 g/mol. The third-order valence-electron chi connectivity index (χ3n) is 3.99. The first-order valence-electron chi connectivity index (χ1n) is 8.29. The Labute approximate surface area is 130 Å². The number of ether oxygens (including phenoxy) is 1. The number of rotatable bonds is 5. The maximum absolute atomic E-state index is 11.7. The summed E-state index contributed by atoms with van der Waals surface area (Å²) >= 11 is 0. The number of hydrogen-bond acceptors (Lipinski definition) is 3. The molecule has 1 amide bonds. The summed E-state index contributed by atoms with van der Waals surface area (Å²) in [6.45, 7) is 13.8. The van der Waals surface area contributed by atoms with Crippen molar-refractivity contribution in [2.75, 3.05) is 13.1 Å². The molecular formula is C17H34N2O2. The van der Waals surface area contributed by atoms with Crippen LogP contribution in [0.15, 0.2) is 0 Å². The Morgan fingerprint density at radius 1 is 1.19 bits per heavy atom. The van der Waals surface area contributed by atoms with Gasteiger partial charge in [-0.3, -0.25) is 0 Å². The fourth-order valence-corrected chi connectivity index (χ4v) is 2.84. The van der Waals surface area contributed by atoms with Crippen molar-refractivity contribution >= 4 is 6.09 Å². The quantitative estimate of drug-likeness (QED) is 0.813. The summed E-state index contributed by atoms with van der Waals surface area (Å²) in [4.78, 5) is 11.7. The van der Waals surface area contributed by atoms with Crippen LogP contribution in [0.1, 0.15) is 67.2 Å². The number of nitrogens with one attached hydrogen (secondary N) is 2. The molecule has 0 radical (unpaired) electrons. The van der Waals surface area contributed by atoms with Gasteiger partial charge < -0.3 is 15.4 Å². The topological polar surface area (TPSA) is 50.4 Å². The molecule has 4 nitrogen and oxygen atoms in total. The highest BCUT2D eigenvalue weighted by atomic mass is 16.6. The molecule has 0 spiro atoms. The van der Waals surface area contributed by atoms with Gasteiger partial charge in [-0.2, -0.15) is 0 Å². The van der Waals surface area contributed by atoms with Crippen molar-refractivity contribution in [1.82, 2.24) is 10.6 Å². The average molecular weight is 298 g/mol. The Kier molecular flexibility index (Phi) is 6.51. The van der Waals surface area contributed by atoms with Gasteiger partial charge in [0.1, 0.15) is 5.60 Å². The van der Waals surface area contributed by atoms with Crippen molar-refractivity contribution in [3.05, 3.63) is 0 Å². The fraction of sp³-hybridized carbons (Fsp3) is 0.941. The lowest BCUT2D eigenvalue weighted by atomic mass is 9.82. The molecule has 0 aromatic carbocycles. The van der Waals surface area contributed by atoms with Crippen LogP contribution in [0.25, 0.3) is 0 Å². The normalized spacial score (nSPS) is 23.7.